The molecule has 0 aromatic carbocycles. The molecule has 0 aromatic heterocycles. The molecule has 0 aliphatic carbocycles. The Bertz CT molecular complexity index is 641. The number of hydrogen-bond donors (Lipinski definition) is 2. The number of ether oxygens (including phenoxy) is 2. The molecule has 0 radical (unpaired) electrons. The van der Waals surface area contributed by atoms with Crippen molar-refractivity contribution in [3.63, 3.8) is 0 Å². The van der Waals surface area contributed by atoms with Gasteiger partial charge in [0.05, 0.1) is 6.54 Å². The van der Waals surface area contributed by atoms with Crippen LogP contribution in [0.25, 0.3) is 0 Å². The second kappa shape index (κ2) is 11.6. The molecule has 1 unspecified atom stereocenters. The van der Waals surface area contributed by atoms with E-state index in [9.17, 15) is 29.1 Å². The van der Waals surface area contributed by atoms with Gasteiger partial charge in [0.2, 0.25) is 0 Å². The zero-order valence-corrected chi connectivity index (χ0v) is 15.4. The van der Waals surface area contributed by atoms with Gasteiger partial charge in [-0.15, -0.1) is 0 Å². The van der Waals surface area contributed by atoms with Gasteiger partial charge in [0.15, 0.2) is 18.4 Å². The normalized spacial score (nSPS) is 12.3. The Morgan fingerprint density at radius 3 is 1.93 bits per heavy atom. The van der Waals surface area contributed by atoms with E-state index in [0.717, 1.165) is 0 Å². The molecule has 2 atom stereocenters. The summed E-state index contributed by atoms with van der Waals surface area (Å²) in [5.74, 6) is -5.65. The maximum atomic E-state index is 11.8. The van der Waals surface area contributed by atoms with Crippen molar-refractivity contribution in [3.05, 3.63) is 24.3 Å². The van der Waals surface area contributed by atoms with Crippen molar-refractivity contribution in [1.29, 1.82) is 0 Å². The molecule has 0 heterocycles. The van der Waals surface area contributed by atoms with Crippen molar-refractivity contribution in [2.75, 3.05) is 19.8 Å². The molecule has 10 heteroatoms. The van der Waals surface area contributed by atoms with E-state index in [1.165, 1.54) is 13.8 Å². The van der Waals surface area contributed by atoms with E-state index in [-0.39, 0.29) is 17.8 Å². The number of amides is 1. The highest BCUT2D eigenvalue weighted by Gasteiger charge is 2.22. The predicted molar refractivity (Wildman–Crippen MR) is 89.4 cm³/mol. The van der Waals surface area contributed by atoms with E-state index >= 15 is 0 Å². The Morgan fingerprint density at radius 2 is 1.48 bits per heavy atom. The van der Waals surface area contributed by atoms with Gasteiger partial charge in [-0.05, 0) is 13.8 Å². The minimum Gasteiger partial charge on any atom is -0.550 e. The van der Waals surface area contributed by atoms with Gasteiger partial charge in [-0.25, -0.2) is 9.59 Å². The summed E-state index contributed by atoms with van der Waals surface area (Å²) in [6, 6.07) is -0.963. The molecule has 0 rings (SSSR count). The Kier molecular flexibility index (Phi) is 10.3. The minimum atomic E-state index is -1.56. The van der Waals surface area contributed by atoms with Crippen molar-refractivity contribution < 1.29 is 44.3 Å². The lowest BCUT2D eigenvalue weighted by atomic mass is 10.0. The van der Waals surface area contributed by atoms with E-state index in [4.69, 9.17) is 9.47 Å². The lowest BCUT2D eigenvalue weighted by Gasteiger charge is -2.17. The third-order valence-corrected chi connectivity index (χ3v) is 3.17. The van der Waals surface area contributed by atoms with Gasteiger partial charge in [-0.1, -0.05) is 13.2 Å². The fourth-order valence-electron chi connectivity index (χ4n) is 1.56. The standard InChI is InChI=1S/C17H24N2O8/c1-9(2)16(24)26-7-11(15(22)23)5-12(20)6-19-14(21)13(18)8-27-17(25)10(3)4/h11,13H,1,3,5-8,18H2,2,4H3,(H,19,21)(H,22,23)/t11?,13-/m0/s1. The fourth-order valence-corrected chi connectivity index (χ4v) is 1.56. The van der Waals surface area contributed by atoms with Crippen molar-refractivity contribution in [3.8, 4) is 0 Å². The maximum absolute atomic E-state index is 11.8. The van der Waals surface area contributed by atoms with E-state index in [1.807, 2.05) is 0 Å². The SMILES string of the molecule is C=C(C)C(=O)OCC(CC(=O)CNC(=O)[C@@H]([NH3+])COC(=O)C(=C)C)C(=O)[O-]. The highest BCUT2D eigenvalue weighted by molar-refractivity contribution is 5.90. The van der Waals surface area contributed by atoms with Gasteiger partial charge >= 0.3 is 11.9 Å². The Balaban J connectivity index is 4.40. The second-order valence-electron chi connectivity index (χ2n) is 5.93. The average Bonchev–Trinajstić information content (AvgIpc) is 2.59. The van der Waals surface area contributed by atoms with Crippen LogP contribution in [0.4, 0.5) is 0 Å². The van der Waals surface area contributed by atoms with Crippen LogP contribution in [0, 0.1) is 5.92 Å². The first kappa shape index (κ1) is 24.0. The summed E-state index contributed by atoms with van der Waals surface area (Å²) in [7, 11) is 0. The van der Waals surface area contributed by atoms with Crippen LogP contribution in [0.15, 0.2) is 24.3 Å². The smallest absolute Gasteiger partial charge is 0.333 e. The van der Waals surface area contributed by atoms with Crippen LogP contribution in [0.3, 0.4) is 0 Å². The molecule has 0 aliphatic rings. The van der Waals surface area contributed by atoms with Crippen LogP contribution < -0.4 is 16.2 Å². The summed E-state index contributed by atoms with van der Waals surface area (Å²) < 4.78 is 9.48. The van der Waals surface area contributed by atoms with Crippen molar-refractivity contribution in [2.24, 2.45) is 5.92 Å². The summed E-state index contributed by atoms with van der Waals surface area (Å²) in [5.41, 5.74) is 3.75. The number of carboxylic acids is 1. The summed E-state index contributed by atoms with van der Waals surface area (Å²) >= 11 is 0. The number of carbonyl (C=O) groups is 5. The van der Waals surface area contributed by atoms with Crippen molar-refractivity contribution in [1.82, 2.24) is 5.32 Å². The van der Waals surface area contributed by atoms with Gasteiger partial charge in [0.25, 0.3) is 5.91 Å². The number of hydrogen-bond acceptors (Lipinski definition) is 8. The van der Waals surface area contributed by atoms with Gasteiger partial charge < -0.3 is 30.4 Å². The molecule has 0 bridgehead atoms. The molecule has 4 N–H and O–H groups in total. The number of esters is 2. The van der Waals surface area contributed by atoms with E-state index < -0.39 is 61.1 Å². The summed E-state index contributed by atoms with van der Waals surface area (Å²) in [6.45, 7) is 8.25. The third kappa shape index (κ3) is 9.90. The monoisotopic (exact) mass is 384 g/mol. The first-order valence-corrected chi connectivity index (χ1v) is 7.94. The summed E-state index contributed by atoms with van der Waals surface area (Å²) in [4.78, 5) is 57.2. The Labute approximate surface area is 156 Å². The van der Waals surface area contributed by atoms with E-state index in [2.05, 4.69) is 24.2 Å². The minimum absolute atomic E-state index is 0.0829. The number of nitrogens with one attached hydrogen (secondary N) is 1. The molecule has 1 amide bonds. The van der Waals surface area contributed by atoms with E-state index in [1.54, 1.807) is 0 Å². The maximum Gasteiger partial charge on any atom is 0.333 e. The average molecular weight is 384 g/mol. The Morgan fingerprint density at radius 1 is 1.00 bits per heavy atom. The molecule has 0 aliphatic heterocycles. The molecule has 150 valence electrons. The van der Waals surface area contributed by atoms with Gasteiger partial charge in [-0.3, -0.25) is 9.59 Å². The molecular formula is C17H24N2O8. The van der Waals surface area contributed by atoms with Crippen LogP contribution in [-0.4, -0.2) is 55.4 Å². The number of carboxylic acid groups (broad SMARTS) is 1. The predicted octanol–water partition coefficient (Wildman–Crippen LogP) is -2.72. The van der Waals surface area contributed by atoms with Crippen LogP contribution in [0.2, 0.25) is 0 Å². The lowest BCUT2D eigenvalue weighted by Crippen LogP contribution is -2.69. The largest absolute Gasteiger partial charge is 0.550 e. The molecule has 0 saturated heterocycles. The topological polar surface area (TPSA) is 167 Å². The van der Waals surface area contributed by atoms with Crippen LogP contribution in [-0.2, 0) is 33.4 Å². The van der Waals surface area contributed by atoms with Gasteiger partial charge in [0, 0.05) is 29.5 Å². The van der Waals surface area contributed by atoms with E-state index in [0.29, 0.717) is 0 Å². The highest BCUT2D eigenvalue weighted by Crippen LogP contribution is 2.06. The highest BCUT2D eigenvalue weighted by atomic mass is 16.5. The first-order chi connectivity index (χ1) is 12.5. The fraction of sp³-hybridized carbons (Fsp3) is 0.471. The number of rotatable bonds is 12. The molecule has 10 nitrogen and oxygen atoms in total. The summed E-state index contributed by atoms with van der Waals surface area (Å²) in [6.07, 6.45) is -0.501. The van der Waals surface area contributed by atoms with Crippen LogP contribution in [0.1, 0.15) is 20.3 Å². The molecule has 27 heavy (non-hydrogen) atoms. The number of Topliss-reactive ketones (excluding diaryl/α,β-unsaturated/α-hetero) is 1. The molecule has 0 saturated carbocycles. The molecule has 0 spiro atoms. The molecular weight excluding hydrogens is 360 g/mol. The van der Waals surface area contributed by atoms with Crippen LogP contribution >= 0.6 is 0 Å². The zero-order chi connectivity index (χ0) is 21.1. The first-order valence-electron chi connectivity index (χ1n) is 7.94. The zero-order valence-electron chi connectivity index (χ0n) is 15.4. The lowest BCUT2D eigenvalue weighted by molar-refractivity contribution is -0.408. The number of aliphatic carboxylic acids is 1. The van der Waals surface area contributed by atoms with Crippen LogP contribution in [0.5, 0.6) is 0 Å². The molecule has 0 fully saturated rings. The van der Waals surface area contributed by atoms with Crippen molar-refractivity contribution >= 4 is 29.6 Å². The quantitative estimate of drug-likeness (QED) is 0.270. The third-order valence-electron chi connectivity index (χ3n) is 3.17. The number of quaternary nitrogens is 1. The van der Waals surface area contributed by atoms with Gasteiger partial charge in [-0.2, -0.15) is 0 Å². The second-order valence-corrected chi connectivity index (χ2v) is 5.93. The Hall–Kier alpha value is -3.01. The van der Waals surface area contributed by atoms with Crippen molar-refractivity contribution in [2.45, 2.75) is 26.3 Å². The summed E-state index contributed by atoms with van der Waals surface area (Å²) in [5, 5.41) is 13.3. The number of carbonyl (C=O) groups excluding carboxylic acids is 5. The van der Waals surface area contributed by atoms with Gasteiger partial charge in [0.1, 0.15) is 6.61 Å². The number of ketones is 1. The molecule has 0 aromatic rings.